The Hall–Kier alpha value is 0.430. The summed E-state index contributed by atoms with van der Waals surface area (Å²) in [6.45, 7) is 0. The first-order valence-electron chi connectivity index (χ1n) is 4.75. The van der Waals surface area contributed by atoms with Gasteiger partial charge in [0.15, 0.2) is 9.84 Å². The molecule has 0 radical (unpaired) electrons. The third-order valence-corrected chi connectivity index (χ3v) is 6.25. The summed E-state index contributed by atoms with van der Waals surface area (Å²) in [6.07, 6.45) is 5.63. The van der Waals surface area contributed by atoms with Gasteiger partial charge >= 0.3 is 0 Å². The zero-order valence-electron chi connectivity index (χ0n) is 7.79. The Labute approximate surface area is 88.1 Å². The van der Waals surface area contributed by atoms with E-state index in [1.807, 2.05) is 0 Å². The largest absolute Gasteiger partial charge is 0.229 e. The highest BCUT2D eigenvalue weighted by Gasteiger charge is 2.62. The Bertz CT molecular complexity index is 312. The Morgan fingerprint density at radius 3 is 2.69 bits per heavy atom. The summed E-state index contributed by atoms with van der Waals surface area (Å²) < 4.78 is 23.1. The van der Waals surface area contributed by atoms with Gasteiger partial charge in [-0.15, -0.1) is 0 Å². The van der Waals surface area contributed by atoms with Crippen molar-refractivity contribution in [3.8, 4) is 0 Å². The lowest BCUT2D eigenvalue weighted by Gasteiger charge is -2.17. The Kier molecular flexibility index (Phi) is 2.27. The van der Waals surface area contributed by atoms with Crippen molar-refractivity contribution >= 4 is 25.8 Å². The van der Waals surface area contributed by atoms with Gasteiger partial charge in [-0.1, -0.05) is 22.4 Å². The number of halogens is 1. The minimum atomic E-state index is -2.81. The molecule has 0 aromatic carbocycles. The number of alkyl halides is 1. The maximum atomic E-state index is 11.5. The molecule has 0 amide bonds. The fourth-order valence-electron chi connectivity index (χ4n) is 3.01. The van der Waals surface area contributed by atoms with Gasteiger partial charge in [0, 0.05) is 11.6 Å². The molecule has 2 rings (SSSR count). The molecule has 2 fully saturated rings. The van der Waals surface area contributed by atoms with Crippen LogP contribution in [0.3, 0.4) is 0 Å². The molecule has 76 valence electrons. The minimum absolute atomic E-state index is 0.0393. The van der Waals surface area contributed by atoms with Crippen molar-refractivity contribution in [2.75, 3.05) is 11.6 Å². The molecule has 2 saturated carbocycles. The topological polar surface area (TPSA) is 34.1 Å². The average Bonchev–Trinajstić information content (AvgIpc) is 2.49. The standard InChI is InChI=1S/C9H15BrO2S/c1-13(11,12)8-3-2-4-9(8)5-7(9)6-10/h7-8H,2-6H2,1H3. The highest BCUT2D eigenvalue weighted by Crippen LogP contribution is 2.64. The Morgan fingerprint density at radius 1 is 1.54 bits per heavy atom. The molecule has 0 saturated heterocycles. The molecule has 0 aromatic rings. The van der Waals surface area contributed by atoms with E-state index in [2.05, 4.69) is 15.9 Å². The molecule has 1 spiro atoms. The second-order valence-corrected chi connectivity index (χ2v) is 7.37. The smallest absolute Gasteiger partial charge is 0.150 e. The second-order valence-electron chi connectivity index (χ2n) is 4.50. The zero-order valence-corrected chi connectivity index (χ0v) is 10.2. The summed E-state index contributed by atoms with van der Waals surface area (Å²) in [5.74, 6) is 0.620. The zero-order chi connectivity index (χ0) is 9.69. The highest BCUT2D eigenvalue weighted by molar-refractivity contribution is 9.09. The molecule has 3 unspecified atom stereocenters. The molecule has 0 heterocycles. The molecule has 0 N–H and O–H groups in total. The van der Waals surface area contributed by atoms with Crippen LogP contribution < -0.4 is 0 Å². The average molecular weight is 267 g/mol. The summed E-state index contributed by atoms with van der Waals surface area (Å²) in [7, 11) is -2.81. The first-order valence-corrected chi connectivity index (χ1v) is 7.83. The first kappa shape index (κ1) is 9.97. The molecule has 0 aromatic heterocycles. The van der Waals surface area contributed by atoms with Crippen molar-refractivity contribution in [2.24, 2.45) is 11.3 Å². The van der Waals surface area contributed by atoms with Crippen LogP contribution in [0.5, 0.6) is 0 Å². The lowest BCUT2D eigenvalue weighted by atomic mass is 10.0. The number of hydrogen-bond acceptors (Lipinski definition) is 2. The van der Waals surface area contributed by atoms with Crippen molar-refractivity contribution in [3.05, 3.63) is 0 Å². The van der Waals surface area contributed by atoms with Gasteiger partial charge in [0.1, 0.15) is 0 Å². The normalized spacial score (nSPS) is 44.2. The molecule has 0 bridgehead atoms. The van der Waals surface area contributed by atoms with Crippen molar-refractivity contribution in [1.82, 2.24) is 0 Å². The monoisotopic (exact) mass is 266 g/mol. The van der Waals surface area contributed by atoms with E-state index in [9.17, 15) is 8.42 Å². The molecular weight excluding hydrogens is 252 g/mol. The maximum absolute atomic E-state index is 11.5. The summed E-state index contributed by atoms with van der Waals surface area (Å²) >= 11 is 3.46. The SMILES string of the molecule is CS(=O)(=O)C1CCCC12CC2CBr. The van der Waals surface area contributed by atoms with Crippen LogP contribution in [-0.4, -0.2) is 25.3 Å². The summed E-state index contributed by atoms with van der Waals surface area (Å²) in [5.41, 5.74) is 0.178. The lowest BCUT2D eigenvalue weighted by Crippen LogP contribution is -2.27. The number of rotatable bonds is 2. The van der Waals surface area contributed by atoms with E-state index in [1.165, 1.54) is 6.26 Å². The van der Waals surface area contributed by atoms with E-state index in [1.54, 1.807) is 0 Å². The van der Waals surface area contributed by atoms with Gasteiger partial charge in [0.2, 0.25) is 0 Å². The van der Waals surface area contributed by atoms with Crippen molar-refractivity contribution in [2.45, 2.75) is 30.9 Å². The Morgan fingerprint density at radius 2 is 2.23 bits per heavy atom. The van der Waals surface area contributed by atoms with Crippen LogP contribution in [0.2, 0.25) is 0 Å². The van der Waals surface area contributed by atoms with Crippen LogP contribution >= 0.6 is 15.9 Å². The predicted molar refractivity (Wildman–Crippen MR) is 56.8 cm³/mol. The second kappa shape index (κ2) is 2.96. The fraction of sp³-hybridized carbons (Fsp3) is 1.00. The quantitative estimate of drug-likeness (QED) is 0.717. The third-order valence-electron chi connectivity index (χ3n) is 3.73. The van der Waals surface area contributed by atoms with Crippen molar-refractivity contribution in [1.29, 1.82) is 0 Å². The van der Waals surface area contributed by atoms with Gasteiger partial charge < -0.3 is 0 Å². The van der Waals surface area contributed by atoms with Crippen LogP contribution in [0, 0.1) is 11.3 Å². The van der Waals surface area contributed by atoms with E-state index in [4.69, 9.17) is 0 Å². The van der Waals surface area contributed by atoms with Crippen LogP contribution in [0.1, 0.15) is 25.7 Å². The molecule has 2 aliphatic rings. The number of hydrogen-bond donors (Lipinski definition) is 0. The van der Waals surface area contributed by atoms with Gasteiger partial charge in [-0.05, 0) is 30.6 Å². The van der Waals surface area contributed by atoms with E-state index in [-0.39, 0.29) is 10.7 Å². The molecule has 4 heteroatoms. The molecule has 13 heavy (non-hydrogen) atoms. The number of sulfone groups is 1. The van der Waals surface area contributed by atoms with E-state index in [0.717, 1.165) is 31.0 Å². The van der Waals surface area contributed by atoms with Crippen molar-refractivity contribution in [3.63, 3.8) is 0 Å². The molecule has 0 aliphatic heterocycles. The fourth-order valence-corrected chi connectivity index (χ4v) is 5.74. The van der Waals surface area contributed by atoms with Gasteiger partial charge in [-0.25, -0.2) is 8.42 Å². The van der Waals surface area contributed by atoms with E-state index >= 15 is 0 Å². The maximum Gasteiger partial charge on any atom is 0.150 e. The van der Waals surface area contributed by atoms with Gasteiger partial charge in [-0.3, -0.25) is 0 Å². The summed E-state index contributed by atoms with van der Waals surface area (Å²) in [6, 6.07) is 0. The van der Waals surface area contributed by atoms with Crippen molar-refractivity contribution < 1.29 is 8.42 Å². The van der Waals surface area contributed by atoms with Gasteiger partial charge in [-0.2, -0.15) is 0 Å². The molecule has 2 aliphatic carbocycles. The lowest BCUT2D eigenvalue weighted by molar-refractivity contribution is 0.475. The van der Waals surface area contributed by atoms with Crippen LogP contribution in [0.4, 0.5) is 0 Å². The van der Waals surface area contributed by atoms with Gasteiger partial charge in [0.05, 0.1) is 5.25 Å². The van der Waals surface area contributed by atoms with Gasteiger partial charge in [0.25, 0.3) is 0 Å². The molecule has 3 atom stereocenters. The summed E-state index contributed by atoms with van der Waals surface area (Å²) in [5, 5.41) is 0.932. The third kappa shape index (κ3) is 1.46. The van der Waals surface area contributed by atoms with E-state index < -0.39 is 9.84 Å². The van der Waals surface area contributed by atoms with Crippen LogP contribution in [0.15, 0.2) is 0 Å². The minimum Gasteiger partial charge on any atom is -0.229 e. The van der Waals surface area contributed by atoms with Crippen LogP contribution in [0.25, 0.3) is 0 Å². The summed E-state index contributed by atoms with van der Waals surface area (Å²) in [4.78, 5) is 0. The van der Waals surface area contributed by atoms with Crippen LogP contribution in [-0.2, 0) is 9.84 Å². The predicted octanol–water partition coefficient (Wildman–Crippen LogP) is 1.98. The molecular formula is C9H15BrO2S. The first-order chi connectivity index (χ1) is 6.00. The highest BCUT2D eigenvalue weighted by atomic mass is 79.9. The Balaban J connectivity index is 2.23. The molecule has 2 nitrogen and oxygen atoms in total. The van der Waals surface area contributed by atoms with E-state index in [0.29, 0.717) is 5.92 Å².